The van der Waals surface area contributed by atoms with E-state index in [0.29, 0.717) is 56.0 Å². The molecular weight excluding hydrogens is 1140 g/mol. The van der Waals surface area contributed by atoms with Crippen molar-refractivity contribution in [2.75, 3.05) is 57.7 Å². The Morgan fingerprint density at radius 2 is 1.59 bits per heavy atom. The lowest BCUT2D eigenvalue weighted by Crippen LogP contribution is -2.50. The van der Waals surface area contributed by atoms with Crippen LogP contribution in [0.3, 0.4) is 0 Å². The first-order valence-corrected chi connectivity index (χ1v) is 30.5. The van der Waals surface area contributed by atoms with Gasteiger partial charge in [-0.3, -0.25) is 33.9 Å². The van der Waals surface area contributed by atoms with Crippen LogP contribution >= 0.6 is 0 Å². The largest absolute Gasteiger partial charge is 0.507 e. The number of halogens is 1. The van der Waals surface area contributed by atoms with Crippen LogP contribution in [0.15, 0.2) is 58.3 Å². The molecule has 5 aliphatic heterocycles. The maximum atomic E-state index is 16.5. The number of allylic oxidation sites excluding steroid dienone is 2. The Balaban J connectivity index is 0.934. The van der Waals surface area contributed by atoms with E-state index < -0.39 is 100 Å². The predicted octanol–water partition coefficient (Wildman–Crippen LogP) is 8.54. The fourth-order valence-electron chi connectivity index (χ4n) is 14.1. The molecule has 4 fully saturated rings. The number of methoxy groups -OCH3 is 2. The van der Waals surface area contributed by atoms with Gasteiger partial charge in [-0.05, 0) is 90.8 Å². The summed E-state index contributed by atoms with van der Waals surface area (Å²) >= 11 is 0. The van der Waals surface area contributed by atoms with E-state index in [1.807, 2.05) is 14.5 Å². The molecule has 4 aromatic rings. The number of aliphatic hydroxyl groups excluding tert-OH is 2. The van der Waals surface area contributed by atoms with Gasteiger partial charge in [0.25, 0.3) is 11.7 Å². The third-order valence-electron chi connectivity index (χ3n) is 19.8. The molecule has 0 radical (unpaired) electrons. The average molecular weight is 1220 g/mol. The number of aromatic hydroxyl groups is 3. The summed E-state index contributed by atoms with van der Waals surface area (Å²) in [4.78, 5) is 72.1. The third-order valence-corrected chi connectivity index (χ3v) is 19.8. The van der Waals surface area contributed by atoms with Crippen molar-refractivity contribution >= 4 is 62.7 Å². The molecule has 1 aromatic heterocycles. The minimum Gasteiger partial charge on any atom is -0.507 e. The maximum absolute atomic E-state index is 16.5. The number of pyridine rings is 1. The maximum Gasteiger partial charge on any atom is 0.312 e. The Bertz CT molecular complexity index is 3660. The number of carbonyl (C=O) groups excluding carboxylic acids is 4. The molecule has 21 nitrogen and oxygen atoms in total. The quantitative estimate of drug-likeness (QED) is 0.0270. The molecule has 22 heteroatoms. The number of hydrazone groups is 1. The van der Waals surface area contributed by atoms with E-state index in [-0.39, 0.29) is 84.7 Å². The summed E-state index contributed by atoms with van der Waals surface area (Å²) in [6, 6.07) is 1.49. The number of nitrogens with one attached hydrogen (secondary N) is 1. The average Bonchev–Trinajstić information content (AvgIpc) is 1.45. The van der Waals surface area contributed by atoms with E-state index in [0.717, 1.165) is 32.1 Å². The molecule has 10 atom stereocenters. The number of ether oxygens (including phenoxy) is 5. The summed E-state index contributed by atoms with van der Waals surface area (Å²) in [6.07, 6.45) is 12.2. The van der Waals surface area contributed by atoms with Crippen LogP contribution in [0, 0.1) is 42.3 Å². The van der Waals surface area contributed by atoms with Gasteiger partial charge in [-0.15, -0.1) is 0 Å². The highest BCUT2D eigenvalue weighted by Crippen LogP contribution is 2.56. The Morgan fingerprint density at radius 1 is 0.898 bits per heavy atom. The monoisotopic (exact) mass is 1220 g/mol. The van der Waals surface area contributed by atoms with Crippen LogP contribution < -0.4 is 25.1 Å². The number of rotatable bonds is 11. The number of aliphatic hydroxyl groups is 2. The first-order chi connectivity index (χ1) is 41.7. The zero-order valence-electron chi connectivity index (χ0n) is 52.2. The van der Waals surface area contributed by atoms with Crippen molar-refractivity contribution in [3.63, 3.8) is 0 Å². The zero-order valence-corrected chi connectivity index (χ0v) is 52.2. The highest BCUT2D eigenvalue weighted by atomic mass is 19.1. The minimum absolute atomic E-state index is 0.0234. The molecule has 11 rings (SSSR count). The number of benzene rings is 3. The van der Waals surface area contributed by atoms with Crippen LogP contribution in [0.5, 0.6) is 28.7 Å². The number of phenolic OH excluding ortho intramolecular Hbond substituents is 3. The van der Waals surface area contributed by atoms with E-state index in [1.165, 1.54) is 79.5 Å². The molecule has 88 heavy (non-hydrogen) atoms. The second-order valence-corrected chi connectivity index (χ2v) is 25.4. The lowest BCUT2D eigenvalue weighted by Gasteiger charge is -2.42. The van der Waals surface area contributed by atoms with E-state index in [2.05, 4.69) is 17.3 Å². The fourth-order valence-corrected chi connectivity index (χ4v) is 14.1. The van der Waals surface area contributed by atoms with Gasteiger partial charge in [0.05, 0.1) is 76.6 Å². The van der Waals surface area contributed by atoms with Gasteiger partial charge in [-0.25, -0.2) is 4.39 Å². The topological polar surface area (TPSA) is 272 Å². The summed E-state index contributed by atoms with van der Waals surface area (Å²) in [5.74, 6) is -9.28. The van der Waals surface area contributed by atoms with Crippen molar-refractivity contribution in [1.82, 2.24) is 14.5 Å². The molecule has 3 aromatic carbocycles. The van der Waals surface area contributed by atoms with Gasteiger partial charge in [-0.2, -0.15) is 5.10 Å². The molecular formula is C66H83FN6O15. The summed E-state index contributed by atoms with van der Waals surface area (Å²) in [5, 5.41) is 68.8. The molecule has 6 heterocycles. The lowest BCUT2D eigenvalue weighted by molar-refractivity contribution is -0.160. The van der Waals surface area contributed by atoms with Crippen LogP contribution in [0.2, 0.25) is 0 Å². The second-order valence-electron chi connectivity index (χ2n) is 25.4. The van der Waals surface area contributed by atoms with E-state index in [4.69, 9.17) is 28.8 Å². The molecule has 6 N–H and O–H groups in total. The van der Waals surface area contributed by atoms with E-state index >= 15 is 4.39 Å². The van der Waals surface area contributed by atoms with Crippen molar-refractivity contribution in [3.05, 3.63) is 86.7 Å². The summed E-state index contributed by atoms with van der Waals surface area (Å²) in [7, 11) is 5.07. The predicted molar refractivity (Wildman–Crippen MR) is 329 cm³/mol. The van der Waals surface area contributed by atoms with Crippen molar-refractivity contribution in [1.29, 1.82) is 0 Å². The van der Waals surface area contributed by atoms with E-state index in [1.54, 1.807) is 46.0 Å². The van der Waals surface area contributed by atoms with Crippen molar-refractivity contribution in [2.45, 2.75) is 155 Å². The number of amides is 1. The number of nitrogens with zero attached hydrogens (tertiary/aromatic N) is 5. The van der Waals surface area contributed by atoms with Crippen LogP contribution in [-0.4, -0.2) is 159 Å². The molecule has 7 aliphatic rings. The van der Waals surface area contributed by atoms with Gasteiger partial charge in [-0.1, -0.05) is 45.9 Å². The van der Waals surface area contributed by atoms with Crippen LogP contribution in [0.1, 0.15) is 138 Å². The number of esters is 1. The molecule has 2 saturated heterocycles. The second kappa shape index (κ2) is 24.5. The molecule has 0 spiro atoms. The summed E-state index contributed by atoms with van der Waals surface area (Å²) in [5.41, 5.74) is -0.356. The van der Waals surface area contributed by atoms with Gasteiger partial charge in [0, 0.05) is 111 Å². The van der Waals surface area contributed by atoms with Crippen molar-refractivity contribution in [3.8, 4) is 28.7 Å². The summed E-state index contributed by atoms with van der Waals surface area (Å²) in [6.45, 7) is 15.9. The van der Waals surface area contributed by atoms with Gasteiger partial charge in [0.15, 0.2) is 28.5 Å². The molecule has 2 aliphatic carbocycles. The van der Waals surface area contributed by atoms with E-state index in [9.17, 15) is 49.5 Å². The van der Waals surface area contributed by atoms with Crippen LogP contribution in [0.4, 0.5) is 15.8 Å². The number of aromatic nitrogens is 1. The Morgan fingerprint density at radius 3 is 2.22 bits per heavy atom. The van der Waals surface area contributed by atoms with Gasteiger partial charge >= 0.3 is 11.8 Å². The first-order valence-electron chi connectivity index (χ1n) is 30.5. The van der Waals surface area contributed by atoms with Gasteiger partial charge in [0.1, 0.15) is 29.0 Å². The Kier molecular flexibility index (Phi) is 17.6. The van der Waals surface area contributed by atoms with Crippen LogP contribution in [-0.2, 0) is 23.8 Å². The molecule has 1 unspecified atom stereocenters. The normalized spacial score (nSPS) is 29.3. The molecule has 1 amide bonds. The fraction of sp³-hybridized carbons (Fsp3) is 0.545. The summed E-state index contributed by atoms with van der Waals surface area (Å²) < 4.78 is 48.3. The van der Waals surface area contributed by atoms with Gasteiger partial charge in [0.2, 0.25) is 0 Å². The number of fused-ring (bicyclic) bond motifs is 15. The number of anilines is 2. The Hall–Kier alpha value is -7.53. The number of Topliss-reactive ketones (excluding diaryl/α,β-unsaturated/α-hetero) is 2. The van der Waals surface area contributed by atoms with Crippen LogP contribution in [0.25, 0.3) is 21.7 Å². The first kappa shape index (κ1) is 63.5. The Labute approximate surface area is 511 Å². The number of carbonyl (C=O) groups is 4. The van der Waals surface area contributed by atoms with Crippen molar-refractivity contribution < 1.29 is 72.8 Å². The molecule has 2 saturated carbocycles. The number of ketones is 2. The molecule has 5 bridgehead atoms. The van der Waals surface area contributed by atoms with Gasteiger partial charge < -0.3 is 64.0 Å². The standard InChI is InChI=1S/C66H83FN6O15/c1-32-14-13-15-33(2)64(83)69-51-44(58(80)48-49(59(51)81)56(78)37(6)61-50(48)63(82)65(9,88-61)86-27-21-47(84-11)34(3)60(87-39(8)75)36(5)55(77)35(4)54(32)76)29-68-72-25-19-41(20-26-72)70(10)66(22-23-66)40-18-24-71(30-40)53-46(67)28-43-52(62(53)85-12)73(42-16-17-42)31-45(38(7)74)57(43)79/h13-15,21,27-29,31-32,34-36,40-42,47,54-55,60,76-78,80-81H,16-20,22-26,30H2,1-12H3,(H,69,83)/b14-13+,27-21+,33-15-,68-29-/t32-,34+,35+,36+,40?,47-,54-,55+,60+,65-/m0/s1. The number of hydrogen-bond acceptors (Lipinski definition) is 19. The zero-order chi connectivity index (χ0) is 63.7. The number of hydrogen-bond donors (Lipinski definition) is 6. The van der Waals surface area contributed by atoms with Crippen molar-refractivity contribution in [2.24, 2.45) is 34.7 Å². The highest BCUT2D eigenvalue weighted by Gasteiger charge is 2.56. The number of phenols is 3. The number of piperidine rings is 1. The molecule has 474 valence electrons. The highest BCUT2D eigenvalue weighted by molar-refractivity contribution is 6.24. The third kappa shape index (κ3) is 11.3. The minimum atomic E-state index is -2.11. The SMILES string of the molecule is COc1c(N2CCC(C3(N(C)C4CCN(/N=C\c5c6c(O)c7c(O)c(C)c8c(c7c5O)C(=O)[C@@](C)(O/C=C/[C@H](OC)[C@@H](C)[C@@H](OC(C)=O)[C@H](C)[C@H](O)[C@H](C)[C@@H](O)[C@@H](C)/C=C/C=C(/C)C(=O)N6)O8)CC4)CC3)C2)c(F)cc2c(=O)c(C(C)=O)cn(C3CC3)c12. The smallest absolute Gasteiger partial charge is 0.312 e. The lowest BCUT2D eigenvalue weighted by atomic mass is 9.78.